The first kappa shape index (κ1) is 10.0. The first-order valence-electron chi connectivity index (χ1n) is 4.51. The van der Waals surface area contributed by atoms with Crippen LogP contribution in [0.3, 0.4) is 0 Å². The summed E-state index contributed by atoms with van der Waals surface area (Å²) >= 11 is 1.44. The Labute approximate surface area is 91.3 Å². The van der Waals surface area contributed by atoms with Gasteiger partial charge in [0, 0.05) is 0 Å². The summed E-state index contributed by atoms with van der Waals surface area (Å²) in [7, 11) is 0. The minimum absolute atomic E-state index is 0.205. The van der Waals surface area contributed by atoms with Crippen LogP contribution in [0, 0.1) is 6.92 Å². The van der Waals surface area contributed by atoms with Gasteiger partial charge in [0.15, 0.2) is 5.16 Å². The number of H-pyrrole nitrogens is 1. The van der Waals surface area contributed by atoms with Crippen molar-refractivity contribution in [2.75, 3.05) is 6.26 Å². The minimum atomic E-state index is -0.205. The summed E-state index contributed by atoms with van der Waals surface area (Å²) in [6, 6.07) is 7.76. The number of nitrogens with one attached hydrogen (secondary N) is 1. The van der Waals surface area contributed by atoms with Crippen molar-refractivity contribution >= 4 is 11.8 Å². The molecule has 0 aliphatic rings. The van der Waals surface area contributed by atoms with Crippen molar-refractivity contribution in [2.24, 2.45) is 0 Å². The molecule has 5 heteroatoms. The Hall–Kier alpha value is -1.49. The molecule has 15 heavy (non-hydrogen) atoms. The van der Waals surface area contributed by atoms with Gasteiger partial charge in [0.25, 0.3) is 0 Å². The third-order valence-electron chi connectivity index (χ3n) is 2.12. The number of aromatic amines is 1. The molecule has 0 aliphatic heterocycles. The van der Waals surface area contributed by atoms with Crippen LogP contribution in [0.2, 0.25) is 0 Å². The van der Waals surface area contributed by atoms with Crippen molar-refractivity contribution < 1.29 is 0 Å². The lowest BCUT2D eigenvalue weighted by atomic mass is 10.2. The molecule has 4 nitrogen and oxygen atoms in total. The van der Waals surface area contributed by atoms with Gasteiger partial charge in [0.05, 0.1) is 5.69 Å². The molecule has 0 fully saturated rings. The van der Waals surface area contributed by atoms with Gasteiger partial charge in [-0.3, -0.25) is 0 Å². The van der Waals surface area contributed by atoms with E-state index in [0.29, 0.717) is 5.16 Å². The van der Waals surface area contributed by atoms with E-state index in [1.807, 2.05) is 37.4 Å². The van der Waals surface area contributed by atoms with Crippen molar-refractivity contribution in [3.05, 3.63) is 40.3 Å². The highest BCUT2D eigenvalue weighted by molar-refractivity contribution is 7.98. The van der Waals surface area contributed by atoms with Crippen molar-refractivity contribution in [3.63, 3.8) is 0 Å². The molecule has 0 amide bonds. The zero-order valence-electron chi connectivity index (χ0n) is 8.52. The number of thioether (sulfide) groups is 1. The van der Waals surface area contributed by atoms with Gasteiger partial charge in [0.1, 0.15) is 0 Å². The average Bonchev–Trinajstić information content (AvgIpc) is 2.61. The lowest BCUT2D eigenvalue weighted by Crippen LogP contribution is -2.15. The molecule has 1 N–H and O–H groups in total. The van der Waals surface area contributed by atoms with E-state index >= 15 is 0 Å². The molecule has 0 unspecified atom stereocenters. The first-order valence-corrected chi connectivity index (χ1v) is 5.73. The summed E-state index contributed by atoms with van der Waals surface area (Å²) in [5, 5.41) is 7.03. The Bertz CT molecular complexity index is 512. The van der Waals surface area contributed by atoms with Crippen LogP contribution in [-0.4, -0.2) is 21.0 Å². The molecule has 0 saturated carbocycles. The number of hydrogen-bond acceptors (Lipinski definition) is 3. The number of hydrogen-bond donors (Lipinski definition) is 1. The van der Waals surface area contributed by atoms with E-state index in [1.165, 1.54) is 17.3 Å². The smallest absolute Gasteiger partial charge is 0.246 e. The molecule has 2 rings (SSSR count). The molecule has 1 aromatic heterocycles. The molecule has 0 spiro atoms. The number of aromatic nitrogens is 3. The highest BCUT2D eigenvalue weighted by atomic mass is 32.2. The number of nitrogens with zero attached hydrogens (tertiary/aromatic N) is 2. The number of benzene rings is 1. The summed E-state index contributed by atoms with van der Waals surface area (Å²) < 4.78 is 1.56. The van der Waals surface area contributed by atoms with E-state index in [0.717, 1.165) is 5.69 Å². The molecular formula is C10H11N3OS. The van der Waals surface area contributed by atoms with Crippen molar-refractivity contribution in [1.82, 2.24) is 14.8 Å². The Kier molecular flexibility index (Phi) is 2.64. The van der Waals surface area contributed by atoms with Crippen LogP contribution in [0.5, 0.6) is 0 Å². The van der Waals surface area contributed by atoms with E-state index in [1.54, 1.807) is 4.57 Å². The fourth-order valence-corrected chi connectivity index (χ4v) is 1.85. The lowest BCUT2D eigenvalue weighted by molar-refractivity contribution is 0.872. The van der Waals surface area contributed by atoms with Crippen LogP contribution in [0.15, 0.2) is 34.2 Å². The predicted molar refractivity (Wildman–Crippen MR) is 60.7 cm³/mol. The zero-order chi connectivity index (χ0) is 10.8. The van der Waals surface area contributed by atoms with Gasteiger partial charge >= 0.3 is 5.69 Å². The molecule has 0 aliphatic carbocycles. The second-order valence-electron chi connectivity index (χ2n) is 3.19. The first-order chi connectivity index (χ1) is 7.22. The number of aryl methyl sites for hydroxylation is 1. The van der Waals surface area contributed by atoms with Crippen LogP contribution in [0.25, 0.3) is 5.69 Å². The van der Waals surface area contributed by atoms with E-state index < -0.39 is 0 Å². The SMILES string of the molecule is CSc1n[nH]c(=O)n1-c1ccc(C)cc1. The second-order valence-corrected chi connectivity index (χ2v) is 3.96. The Morgan fingerprint density at radius 1 is 1.33 bits per heavy atom. The maximum Gasteiger partial charge on any atom is 0.348 e. The third-order valence-corrected chi connectivity index (χ3v) is 2.76. The molecule has 0 saturated heterocycles. The largest absolute Gasteiger partial charge is 0.348 e. The molecule has 0 atom stereocenters. The van der Waals surface area contributed by atoms with E-state index in [9.17, 15) is 4.79 Å². The fourth-order valence-electron chi connectivity index (χ4n) is 1.34. The van der Waals surface area contributed by atoms with Crippen molar-refractivity contribution in [1.29, 1.82) is 0 Å². The highest BCUT2D eigenvalue weighted by Crippen LogP contribution is 2.14. The summed E-state index contributed by atoms with van der Waals surface area (Å²) in [5.74, 6) is 0. The Morgan fingerprint density at radius 2 is 2.00 bits per heavy atom. The highest BCUT2D eigenvalue weighted by Gasteiger charge is 2.08. The van der Waals surface area contributed by atoms with Crippen LogP contribution in [0.4, 0.5) is 0 Å². The molecule has 0 bridgehead atoms. The monoisotopic (exact) mass is 221 g/mol. The van der Waals surface area contributed by atoms with Gasteiger partial charge in [0.2, 0.25) is 0 Å². The average molecular weight is 221 g/mol. The van der Waals surface area contributed by atoms with Gasteiger partial charge in [-0.2, -0.15) is 0 Å². The molecular weight excluding hydrogens is 210 g/mol. The molecule has 2 aromatic rings. The van der Waals surface area contributed by atoms with E-state index in [-0.39, 0.29) is 5.69 Å². The predicted octanol–water partition coefficient (Wildman–Crippen LogP) is 1.59. The minimum Gasteiger partial charge on any atom is -0.246 e. The zero-order valence-corrected chi connectivity index (χ0v) is 9.34. The van der Waals surface area contributed by atoms with Crippen molar-refractivity contribution in [3.8, 4) is 5.69 Å². The van der Waals surface area contributed by atoms with Crippen LogP contribution >= 0.6 is 11.8 Å². The van der Waals surface area contributed by atoms with E-state index in [2.05, 4.69) is 10.2 Å². The molecule has 1 heterocycles. The number of rotatable bonds is 2. The van der Waals surface area contributed by atoms with Crippen LogP contribution in [0.1, 0.15) is 5.56 Å². The van der Waals surface area contributed by atoms with Crippen LogP contribution in [-0.2, 0) is 0 Å². The normalized spacial score (nSPS) is 10.5. The maximum absolute atomic E-state index is 11.5. The molecule has 0 radical (unpaired) electrons. The quantitative estimate of drug-likeness (QED) is 0.783. The van der Waals surface area contributed by atoms with Gasteiger partial charge in [-0.15, -0.1) is 5.10 Å². The molecule has 1 aromatic carbocycles. The van der Waals surface area contributed by atoms with E-state index in [4.69, 9.17) is 0 Å². The summed E-state index contributed by atoms with van der Waals surface area (Å²) in [5.41, 5.74) is 1.80. The summed E-state index contributed by atoms with van der Waals surface area (Å²) in [4.78, 5) is 11.5. The fraction of sp³-hybridized carbons (Fsp3) is 0.200. The van der Waals surface area contributed by atoms with Gasteiger partial charge < -0.3 is 0 Å². The van der Waals surface area contributed by atoms with Gasteiger partial charge in [-0.25, -0.2) is 14.5 Å². The van der Waals surface area contributed by atoms with Crippen molar-refractivity contribution in [2.45, 2.75) is 12.1 Å². The maximum atomic E-state index is 11.5. The summed E-state index contributed by atoms with van der Waals surface area (Å²) in [6.07, 6.45) is 1.89. The topological polar surface area (TPSA) is 50.7 Å². The van der Waals surface area contributed by atoms with Gasteiger partial charge in [-0.1, -0.05) is 29.5 Å². The lowest BCUT2D eigenvalue weighted by Gasteiger charge is -2.03. The summed E-state index contributed by atoms with van der Waals surface area (Å²) in [6.45, 7) is 2.01. The standard InChI is InChI=1S/C10H11N3OS/c1-7-3-5-8(6-4-7)13-9(14)11-12-10(13)15-2/h3-6H,1-2H3,(H,11,14). The Morgan fingerprint density at radius 3 is 2.60 bits per heavy atom. The Balaban J connectivity index is 2.57. The second kappa shape index (κ2) is 3.94. The van der Waals surface area contributed by atoms with Crippen LogP contribution < -0.4 is 5.69 Å². The van der Waals surface area contributed by atoms with Gasteiger partial charge in [-0.05, 0) is 25.3 Å². The third kappa shape index (κ3) is 1.83. The molecule has 78 valence electrons.